The molecule has 0 atom stereocenters. The van der Waals surface area contributed by atoms with E-state index >= 15 is 0 Å². The average Bonchev–Trinajstić information content (AvgIpc) is 2.87. The molecule has 0 saturated heterocycles. The first-order valence-electron chi connectivity index (χ1n) is 16.1. The Morgan fingerprint density at radius 1 is 0.347 bits per heavy atom. The molecule has 0 aliphatic rings. The van der Waals surface area contributed by atoms with Crippen molar-refractivity contribution in [3.05, 3.63) is 93.2 Å². The van der Waals surface area contributed by atoms with E-state index in [1.807, 2.05) is 55.4 Å². The Bertz CT molecular complexity index is 1030. The molecule has 49 heavy (non-hydrogen) atoms. The number of carboxylic acid groups (broad SMARTS) is 4. The number of hydrogen-bond acceptors (Lipinski definition) is 8. The molecule has 0 heterocycles. The van der Waals surface area contributed by atoms with E-state index in [1.54, 1.807) is 27.7 Å². The molecule has 0 aromatic carbocycles. The topological polar surface area (TPSA) is 161 Å². The zero-order valence-corrected chi connectivity index (χ0v) is 34.9. The molecule has 0 unspecified atom stereocenters. The van der Waals surface area contributed by atoms with Crippen molar-refractivity contribution >= 4 is 23.9 Å². The number of carboxylic acids is 4. The summed E-state index contributed by atoms with van der Waals surface area (Å²) in [6.45, 7) is 23.4. The van der Waals surface area contributed by atoms with Gasteiger partial charge in [-0.05, 0) is 159 Å². The zero-order chi connectivity index (χ0) is 38.2. The zero-order valence-electron chi connectivity index (χ0n) is 31.9. The van der Waals surface area contributed by atoms with E-state index in [0.717, 1.165) is 98.0 Å². The Kier molecular flexibility index (Phi) is 40.1. The van der Waals surface area contributed by atoms with Crippen molar-refractivity contribution in [1.82, 2.24) is 0 Å². The van der Waals surface area contributed by atoms with Gasteiger partial charge in [0.15, 0.2) is 0 Å². The van der Waals surface area contributed by atoms with E-state index in [0.29, 0.717) is 0 Å². The summed E-state index contributed by atoms with van der Waals surface area (Å²) in [7, 11) is 0. The monoisotopic (exact) mass is 852 g/mol. The third-order valence-electron chi connectivity index (χ3n) is 5.82. The van der Waals surface area contributed by atoms with Gasteiger partial charge in [-0.2, -0.15) is 0 Å². The van der Waals surface area contributed by atoms with Crippen LogP contribution in [0.15, 0.2) is 93.2 Å². The first-order chi connectivity index (χ1) is 22.1. The minimum Gasteiger partial charge on any atom is -0.545 e. The van der Waals surface area contributed by atoms with Crippen LogP contribution in [0.5, 0.6) is 0 Å². The maximum absolute atomic E-state index is 10.1. The number of hydrogen-bond donors (Lipinski definition) is 0. The van der Waals surface area contributed by atoms with Crippen LogP contribution in [0.2, 0.25) is 0 Å². The van der Waals surface area contributed by atoms with E-state index < -0.39 is 23.9 Å². The number of aliphatic carboxylic acids is 4. The molecule has 0 aliphatic carbocycles. The van der Waals surface area contributed by atoms with Gasteiger partial charge in [-0.15, -0.1) is 0 Å². The Morgan fingerprint density at radius 3 is 0.592 bits per heavy atom. The number of allylic oxidation sites excluding steroid dienone is 12. The first kappa shape index (κ1) is 54.9. The van der Waals surface area contributed by atoms with Crippen molar-refractivity contribution in [2.75, 3.05) is 0 Å². The third kappa shape index (κ3) is 60.3. The normalized spacial score (nSPS) is 10.9. The first-order valence-corrected chi connectivity index (χ1v) is 16.1. The molecular weight excluding hydrogens is 792 g/mol. The van der Waals surface area contributed by atoms with Crippen LogP contribution in [-0.2, 0) is 40.2 Å². The van der Waals surface area contributed by atoms with Gasteiger partial charge in [0.05, 0.1) is 23.9 Å². The largest absolute Gasteiger partial charge is 4.00 e. The van der Waals surface area contributed by atoms with E-state index in [1.165, 1.54) is 22.3 Å². The van der Waals surface area contributed by atoms with Crippen LogP contribution in [0.1, 0.15) is 134 Å². The fraction of sp³-hybridized carbons (Fsp3) is 0.500. The van der Waals surface area contributed by atoms with Gasteiger partial charge in [-0.25, -0.2) is 0 Å². The van der Waals surface area contributed by atoms with E-state index in [-0.39, 0.29) is 21.1 Å². The SMILES string of the molecule is CC(C)=CCC/C(C)=C\C(=O)[O-].CC(C)=CCC/C(C)=C\C(=O)[O-].CC(C)=CCC/C(C)=C\C(=O)[O-].CC(C)=CCC/C(C)=C\C(=O)[O-].[W+4]. The van der Waals surface area contributed by atoms with Crippen molar-refractivity contribution in [2.24, 2.45) is 0 Å². The molecule has 0 saturated carbocycles. The second kappa shape index (κ2) is 35.8. The van der Waals surface area contributed by atoms with Crippen molar-refractivity contribution in [2.45, 2.75) is 134 Å². The standard InChI is InChI=1S/4C10H16O2.W/c4*1-8(2)5-4-6-9(3)7-10(11)12;/h4*5,7H,4,6H2,1-3H3,(H,11,12);/q;;;;+4/p-4/b4*9-7-;. The van der Waals surface area contributed by atoms with E-state index in [9.17, 15) is 39.6 Å². The molecular formula is C40H60O8W. The maximum atomic E-state index is 10.1. The second-order valence-corrected chi connectivity index (χ2v) is 12.5. The van der Waals surface area contributed by atoms with Crippen molar-refractivity contribution in [3.8, 4) is 0 Å². The molecule has 0 spiro atoms. The summed E-state index contributed by atoms with van der Waals surface area (Å²) < 4.78 is 0. The molecule has 0 rings (SSSR count). The van der Waals surface area contributed by atoms with Gasteiger partial charge in [0.2, 0.25) is 0 Å². The van der Waals surface area contributed by atoms with Gasteiger partial charge in [-0.3, -0.25) is 0 Å². The predicted octanol–water partition coefficient (Wildman–Crippen LogP) is 5.71. The molecule has 0 fully saturated rings. The predicted molar refractivity (Wildman–Crippen MR) is 190 cm³/mol. The molecule has 0 aromatic rings. The van der Waals surface area contributed by atoms with E-state index in [4.69, 9.17) is 0 Å². The van der Waals surface area contributed by atoms with Crippen molar-refractivity contribution < 1.29 is 60.7 Å². The van der Waals surface area contributed by atoms with Crippen molar-refractivity contribution in [3.63, 3.8) is 0 Å². The Hall–Kier alpha value is -3.51. The summed E-state index contributed by atoms with van der Waals surface area (Å²) in [5.41, 5.74) is 8.46. The van der Waals surface area contributed by atoms with Crippen LogP contribution in [0.3, 0.4) is 0 Å². The van der Waals surface area contributed by atoms with Crippen LogP contribution in [-0.4, -0.2) is 23.9 Å². The maximum Gasteiger partial charge on any atom is 4.00 e. The van der Waals surface area contributed by atoms with Crippen LogP contribution in [0.4, 0.5) is 0 Å². The Balaban J connectivity index is -0.000000174. The third-order valence-corrected chi connectivity index (χ3v) is 5.82. The molecule has 0 aliphatic heterocycles. The number of carbonyl (C=O) groups excluding carboxylic acids is 4. The van der Waals surface area contributed by atoms with Crippen LogP contribution in [0, 0.1) is 0 Å². The Morgan fingerprint density at radius 2 is 0.490 bits per heavy atom. The minimum atomic E-state index is -1.11. The minimum absolute atomic E-state index is 0. The van der Waals surface area contributed by atoms with Crippen molar-refractivity contribution in [1.29, 1.82) is 0 Å². The van der Waals surface area contributed by atoms with Gasteiger partial charge in [0.1, 0.15) is 0 Å². The summed E-state index contributed by atoms with van der Waals surface area (Å²) in [5.74, 6) is -4.43. The fourth-order valence-electron chi connectivity index (χ4n) is 3.45. The summed E-state index contributed by atoms with van der Waals surface area (Å²) in [6, 6.07) is 0. The molecule has 0 bridgehead atoms. The van der Waals surface area contributed by atoms with E-state index in [2.05, 4.69) is 24.3 Å². The molecule has 8 nitrogen and oxygen atoms in total. The second-order valence-electron chi connectivity index (χ2n) is 12.5. The van der Waals surface area contributed by atoms with Crippen LogP contribution >= 0.6 is 0 Å². The summed E-state index contributed by atoms with van der Waals surface area (Å²) >= 11 is 0. The summed E-state index contributed by atoms with van der Waals surface area (Å²) in [4.78, 5) is 40.4. The van der Waals surface area contributed by atoms with Gasteiger partial charge in [0.25, 0.3) is 0 Å². The molecule has 0 radical (unpaired) electrons. The number of rotatable bonds is 16. The molecule has 0 N–H and O–H groups in total. The molecule has 0 amide bonds. The smallest absolute Gasteiger partial charge is 0.545 e. The van der Waals surface area contributed by atoms with Gasteiger partial charge < -0.3 is 39.6 Å². The summed E-state index contributed by atoms with van der Waals surface area (Å²) in [6.07, 6.45) is 19.7. The Labute approximate surface area is 311 Å². The molecule has 9 heteroatoms. The quantitative estimate of drug-likeness (QED) is 0.141. The molecule has 0 aromatic heterocycles. The van der Waals surface area contributed by atoms with Gasteiger partial charge in [-0.1, -0.05) is 68.9 Å². The summed E-state index contributed by atoms with van der Waals surface area (Å²) in [5, 5.41) is 40.4. The van der Waals surface area contributed by atoms with Gasteiger partial charge in [0, 0.05) is 0 Å². The van der Waals surface area contributed by atoms with Crippen LogP contribution < -0.4 is 20.4 Å². The molecule has 274 valence electrons. The average molecular weight is 853 g/mol. The number of carbonyl (C=O) groups is 4. The van der Waals surface area contributed by atoms with Gasteiger partial charge >= 0.3 is 21.1 Å². The fourth-order valence-corrected chi connectivity index (χ4v) is 3.45. The van der Waals surface area contributed by atoms with Crippen LogP contribution in [0.25, 0.3) is 0 Å².